The van der Waals surface area contributed by atoms with Crippen LogP contribution in [-0.4, -0.2) is 30.4 Å². The van der Waals surface area contributed by atoms with Crippen molar-refractivity contribution in [3.05, 3.63) is 29.0 Å². The van der Waals surface area contributed by atoms with Crippen molar-refractivity contribution < 1.29 is 9.18 Å². The van der Waals surface area contributed by atoms with Crippen LogP contribution in [0.25, 0.3) is 0 Å². The summed E-state index contributed by atoms with van der Waals surface area (Å²) in [4.78, 5) is 13.9. The predicted octanol–water partition coefficient (Wildman–Crippen LogP) is 2.51. The van der Waals surface area contributed by atoms with E-state index in [1.165, 1.54) is 18.2 Å². The predicted molar refractivity (Wildman–Crippen MR) is 65.7 cm³/mol. The molecule has 0 spiro atoms. The monoisotopic (exact) mass is 256 g/mol. The van der Waals surface area contributed by atoms with Gasteiger partial charge in [-0.1, -0.05) is 11.6 Å². The molecule has 1 aliphatic heterocycles. The zero-order chi connectivity index (χ0) is 12.4. The van der Waals surface area contributed by atoms with E-state index < -0.39 is 5.82 Å². The first kappa shape index (κ1) is 12.3. The van der Waals surface area contributed by atoms with E-state index in [0.29, 0.717) is 5.69 Å². The van der Waals surface area contributed by atoms with E-state index in [1.807, 2.05) is 11.9 Å². The topological polar surface area (TPSA) is 32.3 Å². The molecule has 1 aliphatic rings. The standard InChI is InChI=1S/C12H14ClFN2O/c1-16-6-2-3-11(16)12(17)15-8-4-5-10(14)9(13)7-8/h4-5,7,11H,2-3,6H2,1H3,(H,15,17). The Labute approximate surface area is 105 Å². The van der Waals surface area contributed by atoms with Crippen LogP contribution in [0.15, 0.2) is 18.2 Å². The Morgan fingerprint density at radius 1 is 1.59 bits per heavy atom. The minimum atomic E-state index is -0.484. The molecule has 1 aromatic carbocycles. The Balaban J connectivity index is 2.05. The number of halogens is 2. The Kier molecular flexibility index (Phi) is 3.64. The van der Waals surface area contributed by atoms with Gasteiger partial charge in [-0.2, -0.15) is 0 Å². The number of likely N-dealkylation sites (N-methyl/N-ethyl adjacent to an activating group) is 1. The van der Waals surface area contributed by atoms with Crippen molar-refractivity contribution in [3.63, 3.8) is 0 Å². The molecule has 0 radical (unpaired) electrons. The second-order valence-electron chi connectivity index (χ2n) is 4.26. The molecule has 1 saturated heterocycles. The van der Waals surface area contributed by atoms with E-state index in [2.05, 4.69) is 5.32 Å². The van der Waals surface area contributed by atoms with Crippen molar-refractivity contribution in [1.29, 1.82) is 0 Å². The summed E-state index contributed by atoms with van der Waals surface area (Å²) in [5.41, 5.74) is 0.529. The Morgan fingerprint density at radius 2 is 2.35 bits per heavy atom. The van der Waals surface area contributed by atoms with Crippen molar-refractivity contribution in [2.75, 3.05) is 18.9 Å². The minimum Gasteiger partial charge on any atom is -0.325 e. The average Bonchev–Trinajstić information content (AvgIpc) is 2.70. The molecular formula is C12H14ClFN2O. The van der Waals surface area contributed by atoms with E-state index in [1.54, 1.807) is 0 Å². The number of anilines is 1. The molecule has 0 bridgehead atoms. The summed E-state index contributed by atoms with van der Waals surface area (Å²) >= 11 is 5.65. The first-order valence-electron chi connectivity index (χ1n) is 5.54. The maximum absolute atomic E-state index is 12.9. The van der Waals surface area contributed by atoms with Gasteiger partial charge in [-0.05, 0) is 44.6 Å². The number of likely N-dealkylation sites (tertiary alicyclic amines) is 1. The number of nitrogens with zero attached hydrogens (tertiary/aromatic N) is 1. The van der Waals surface area contributed by atoms with Gasteiger partial charge in [-0.25, -0.2) is 4.39 Å². The minimum absolute atomic E-state index is 0.0163. The van der Waals surface area contributed by atoms with Gasteiger partial charge in [0.2, 0.25) is 5.91 Å². The molecule has 1 N–H and O–H groups in total. The summed E-state index contributed by atoms with van der Waals surface area (Å²) in [6.07, 6.45) is 1.88. The van der Waals surface area contributed by atoms with Gasteiger partial charge in [0, 0.05) is 5.69 Å². The van der Waals surface area contributed by atoms with Crippen LogP contribution in [-0.2, 0) is 4.79 Å². The summed E-state index contributed by atoms with van der Waals surface area (Å²) in [5.74, 6) is -0.546. The number of carbonyl (C=O) groups excluding carboxylic acids is 1. The number of carbonyl (C=O) groups is 1. The molecule has 1 fully saturated rings. The highest BCUT2D eigenvalue weighted by atomic mass is 35.5. The molecule has 1 amide bonds. The number of nitrogens with one attached hydrogen (secondary N) is 1. The molecule has 1 atom stereocenters. The molecule has 3 nitrogen and oxygen atoms in total. The van der Waals surface area contributed by atoms with Crippen molar-refractivity contribution in [2.24, 2.45) is 0 Å². The van der Waals surface area contributed by atoms with Crippen molar-refractivity contribution in [1.82, 2.24) is 4.90 Å². The molecular weight excluding hydrogens is 243 g/mol. The lowest BCUT2D eigenvalue weighted by Crippen LogP contribution is -2.37. The molecule has 5 heteroatoms. The Hall–Kier alpha value is -1.13. The van der Waals surface area contributed by atoms with Gasteiger partial charge in [-0.3, -0.25) is 9.69 Å². The number of rotatable bonds is 2. The maximum Gasteiger partial charge on any atom is 0.241 e. The van der Waals surface area contributed by atoms with Crippen LogP contribution in [0.2, 0.25) is 5.02 Å². The highest BCUT2D eigenvalue weighted by Crippen LogP contribution is 2.21. The summed E-state index contributed by atoms with van der Waals surface area (Å²) in [6.45, 7) is 0.933. The smallest absolute Gasteiger partial charge is 0.241 e. The molecule has 17 heavy (non-hydrogen) atoms. The first-order valence-corrected chi connectivity index (χ1v) is 5.92. The van der Waals surface area contributed by atoms with E-state index in [9.17, 15) is 9.18 Å². The SMILES string of the molecule is CN1CCCC1C(=O)Nc1ccc(F)c(Cl)c1. The lowest BCUT2D eigenvalue weighted by Gasteiger charge is -2.18. The van der Waals surface area contributed by atoms with Gasteiger partial charge in [0.05, 0.1) is 11.1 Å². The van der Waals surface area contributed by atoms with Crippen LogP contribution in [0.5, 0.6) is 0 Å². The van der Waals surface area contributed by atoms with Gasteiger partial charge < -0.3 is 5.32 Å². The molecule has 0 aliphatic carbocycles. The fourth-order valence-electron chi connectivity index (χ4n) is 2.04. The molecule has 1 unspecified atom stereocenters. The van der Waals surface area contributed by atoms with Crippen LogP contribution >= 0.6 is 11.6 Å². The average molecular weight is 257 g/mol. The van der Waals surface area contributed by atoms with Gasteiger partial charge in [0.15, 0.2) is 0 Å². The van der Waals surface area contributed by atoms with Crippen LogP contribution in [0.4, 0.5) is 10.1 Å². The van der Waals surface area contributed by atoms with E-state index in [0.717, 1.165) is 19.4 Å². The van der Waals surface area contributed by atoms with Gasteiger partial charge >= 0.3 is 0 Å². The van der Waals surface area contributed by atoms with Crippen molar-refractivity contribution >= 4 is 23.2 Å². The first-order chi connectivity index (χ1) is 8.08. The highest BCUT2D eigenvalue weighted by molar-refractivity contribution is 6.31. The third-order valence-electron chi connectivity index (χ3n) is 3.01. The van der Waals surface area contributed by atoms with Gasteiger partial charge in [0.25, 0.3) is 0 Å². The van der Waals surface area contributed by atoms with Gasteiger partial charge in [0.1, 0.15) is 5.82 Å². The van der Waals surface area contributed by atoms with Crippen LogP contribution in [0.1, 0.15) is 12.8 Å². The van der Waals surface area contributed by atoms with Crippen LogP contribution in [0.3, 0.4) is 0 Å². The molecule has 0 aromatic heterocycles. The Morgan fingerprint density at radius 3 is 2.94 bits per heavy atom. The highest BCUT2D eigenvalue weighted by Gasteiger charge is 2.27. The fourth-order valence-corrected chi connectivity index (χ4v) is 2.22. The van der Waals surface area contributed by atoms with Crippen molar-refractivity contribution in [3.8, 4) is 0 Å². The number of hydrogen-bond donors (Lipinski definition) is 1. The molecule has 0 saturated carbocycles. The van der Waals surface area contributed by atoms with Crippen LogP contribution < -0.4 is 5.32 Å². The summed E-state index contributed by atoms with van der Waals surface area (Å²) < 4.78 is 12.9. The molecule has 1 aromatic rings. The normalized spacial score (nSPS) is 20.5. The third kappa shape index (κ3) is 2.76. The third-order valence-corrected chi connectivity index (χ3v) is 3.30. The largest absolute Gasteiger partial charge is 0.325 e. The second-order valence-corrected chi connectivity index (χ2v) is 4.66. The number of hydrogen-bond acceptors (Lipinski definition) is 2. The second kappa shape index (κ2) is 5.02. The fraction of sp³-hybridized carbons (Fsp3) is 0.417. The summed E-state index contributed by atoms with van der Waals surface area (Å²) in [5, 5.41) is 2.77. The number of benzene rings is 1. The van der Waals surface area contributed by atoms with Gasteiger partial charge in [-0.15, -0.1) is 0 Å². The van der Waals surface area contributed by atoms with Crippen LogP contribution in [0, 0.1) is 5.82 Å². The summed E-state index contributed by atoms with van der Waals surface area (Å²) in [6, 6.07) is 4.08. The van der Waals surface area contributed by atoms with E-state index in [-0.39, 0.29) is 17.0 Å². The van der Waals surface area contributed by atoms with E-state index >= 15 is 0 Å². The Bertz CT molecular complexity index is 439. The molecule has 1 heterocycles. The molecule has 92 valence electrons. The lowest BCUT2D eigenvalue weighted by atomic mass is 10.2. The van der Waals surface area contributed by atoms with Crippen molar-refractivity contribution in [2.45, 2.75) is 18.9 Å². The maximum atomic E-state index is 12.9. The van der Waals surface area contributed by atoms with E-state index in [4.69, 9.17) is 11.6 Å². The quantitative estimate of drug-likeness (QED) is 0.882. The molecule has 2 rings (SSSR count). The summed E-state index contributed by atoms with van der Waals surface area (Å²) in [7, 11) is 1.93. The number of amides is 1. The lowest BCUT2D eigenvalue weighted by molar-refractivity contribution is -0.119. The zero-order valence-corrected chi connectivity index (χ0v) is 10.3. The zero-order valence-electron chi connectivity index (χ0n) is 9.54.